The number of nitro benzene ring substituents is 1. The number of rotatable bonds is 5. The third-order valence-corrected chi connectivity index (χ3v) is 3.82. The number of amides is 1. The Bertz CT molecular complexity index is 911. The number of aliphatic hydroxyl groups excluding tert-OH is 1. The molecule has 8 nitrogen and oxygen atoms in total. The monoisotopic (exact) mass is 341 g/mol. The zero-order valence-electron chi connectivity index (χ0n) is 13.3. The van der Waals surface area contributed by atoms with Crippen LogP contribution in [0.2, 0.25) is 0 Å². The maximum absolute atomic E-state index is 12.4. The van der Waals surface area contributed by atoms with Gasteiger partial charge in [-0.2, -0.15) is 0 Å². The smallest absolute Gasteiger partial charge is 0.277 e. The molecule has 0 bridgehead atoms. The number of carbonyl (C=O) groups is 1. The molecular weight excluding hydrogens is 326 g/mol. The fraction of sp³-hybridized carbons (Fsp3) is 0.118. The average Bonchev–Trinajstić information content (AvgIpc) is 3.17. The summed E-state index contributed by atoms with van der Waals surface area (Å²) in [4.78, 5) is 26.2. The van der Waals surface area contributed by atoms with Gasteiger partial charge in [0.1, 0.15) is 5.75 Å². The van der Waals surface area contributed by atoms with Crippen LogP contribution < -0.4 is 10.1 Å². The second-order valence-corrected chi connectivity index (χ2v) is 5.23. The van der Waals surface area contributed by atoms with Crippen LogP contribution in [0.25, 0.3) is 17.7 Å². The van der Waals surface area contributed by atoms with Crippen LogP contribution in [-0.4, -0.2) is 34.6 Å². The van der Waals surface area contributed by atoms with Gasteiger partial charge in [0.25, 0.3) is 11.6 Å². The fourth-order valence-electron chi connectivity index (χ4n) is 2.75. The Kier molecular flexibility index (Phi) is 4.36. The molecule has 1 aromatic heterocycles. The molecule has 0 fully saturated rings. The highest BCUT2D eigenvalue weighted by Gasteiger charge is 2.31. The summed E-state index contributed by atoms with van der Waals surface area (Å²) in [5, 5.41) is 23.1. The molecular formula is C17H15N3O5. The van der Waals surface area contributed by atoms with Crippen LogP contribution in [-0.2, 0) is 4.79 Å². The number of fused-ring (bicyclic) bond motifs is 1. The molecule has 3 N–H and O–H groups in total. The molecule has 1 amide bonds. The van der Waals surface area contributed by atoms with Gasteiger partial charge in [-0.1, -0.05) is 6.08 Å². The summed E-state index contributed by atoms with van der Waals surface area (Å²) >= 11 is 0. The predicted octanol–water partition coefficient (Wildman–Crippen LogP) is 2.43. The van der Waals surface area contributed by atoms with Crippen molar-refractivity contribution in [2.45, 2.75) is 0 Å². The molecule has 25 heavy (non-hydrogen) atoms. The molecule has 0 radical (unpaired) electrons. The second kappa shape index (κ2) is 6.62. The topological polar surface area (TPSA) is 117 Å². The van der Waals surface area contributed by atoms with Gasteiger partial charge >= 0.3 is 0 Å². The molecule has 3 rings (SSSR count). The summed E-state index contributed by atoms with van der Waals surface area (Å²) in [6.45, 7) is -0.272. The Labute approximate surface area is 142 Å². The van der Waals surface area contributed by atoms with Crippen molar-refractivity contribution in [3.63, 3.8) is 0 Å². The maximum Gasteiger partial charge on any atom is 0.277 e. The summed E-state index contributed by atoms with van der Waals surface area (Å²) in [5.41, 5.74) is 1.85. The lowest BCUT2D eigenvalue weighted by molar-refractivity contribution is -0.385. The number of benzene rings is 1. The van der Waals surface area contributed by atoms with Gasteiger partial charge in [-0.25, -0.2) is 0 Å². The van der Waals surface area contributed by atoms with Crippen molar-refractivity contribution in [1.82, 2.24) is 4.98 Å². The normalized spacial score (nSPS) is 14.8. The molecule has 1 aromatic carbocycles. The Balaban J connectivity index is 2.24. The number of aromatic amines is 1. The van der Waals surface area contributed by atoms with E-state index in [1.165, 1.54) is 31.4 Å². The number of hydrogen-bond donors (Lipinski definition) is 3. The first kappa shape index (κ1) is 16.5. The first-order valence-electron chi connectivity index (χ1n) is 7.40. The van der Waals surface area contributed by atoms with Gasteiger partial charge in [0.15, 0.2) is 0 Å². The van der Waals surface area contributed by atoms with Crippen LogP contribution in [0.4, 0.5) is 11.4 Å². The molecule has 0 spiro atoms. The van der Waals surface area contributed by atoms with E-state index in [0.717, 1.165) is 0 Å². The highest BCUT2D eigenvalue weighted by molar-refractivity contribution is 6.35. The van der Waals surface area contributed by atoms with Gasteiger partial charge < -0.3 is 20.1 Å². The van der Waals surface area contributed by atoms with Crippen LogP contribution in [0, 0.1) is 10.1 Å². The summed E-state index contributed by atoms with van der Waals surface area (Å²) in [5.74, 6) is 0.178. The number of nitrogens with zero attached hydrogens (tertiary/aromatic N) is 1. The van der Waals surface area contributed by atoms with Crippen molar-refractivity contribution in [3.8, 4) is 5.75 Å². The molecule has 8 heteroatoms. The minimum absolute atomic E-state index is 0.149. The van der Waals surface area contributed by atoms with E-state index in [4.69, 9.17) is 9.84 Å². The van der Waals surface area contributed by atoms with Gasteiger partial charge in [-0.05, 0) is 24.3 Å². The lowest BCUT2D eigenvalue weighted by Gasteiger charge is -2.06. The lowest BCUT2D eigenvalue weighted by atomic mass is 9.97. The molecule has 0 aliphatic carbocycles. The van der Waals surface area contributed by atoms with Crippen LogP contribution in [0.1, 0.15) is 16.8 Å². The fourth-order valence-corrected chi connectivity index (χ4v) is 2.75. The quantitative estimate of drug-likeness (QED) is 0.438. The van der Waals surface area contributed by atoms with Crippen molar-refractivity contribution in [3.05, 3.63) is 57.4 Å². The summed E-state index contributed by atoms with van der Waals surface area (Å²) in [6.07, 6.45) is 6.08. The second-order valence-electron chi connectivity index (χ2n) is 5.23. The van der Waals surface area contributed by atoms with Crippen LogP contribution in [0.3, 0.4) is 0 Å². The molecule has 1 aliphatic rings. The predicted molar refractivity (Wildman–Crippen MR) is 93.1 cm³/mol. The van der Waals surface area contributed by atoms with E-state index in [0.29, 0.717) is 22.7 Å². The summed E-state index contributed by atoms with van der Waals surface area (Å²) in [7, 11) is 1.51. The summed E-state index contributed by atoms with van der Waals surface area (Å²) in [6, 6.07) is 4.53. The van der Waals surface area contributed by atoms with Crippen molar-refractivity contribution in [1.29, 1.82) is 0 Å². The van der Waals surface area contributed by atoms with Gasteiger partial charge in [-0.3, -0.25) is 14.9 Å². The summed E-state index contributed by atoms with van der Waals surface area (Å²) < 4.78 is 5.21. The molecule has 2 aromatic rings. The maximum atomic E-state index is 12.4. The lowest BCUT2D eigenvalue weighted by Crippen LogP contribution is -2.03. The number of carbonyl (C=O) groups excluding carboxylic acids is 1. The van der Waals surface area contributed by atoms with Gasteiger partial charge in [0.05, 0.1) is 41.2 Å². The van der Waals surface area contributed by atoms with Gasteiger partial charge in [0.2, 0.25) is 0 Å². The Morgan fingerprint density at radius 3 is 2.84 bits per heavy atom. The van der Waals surface area contributed by atoms with E-state index in [1.54, 1.807) is 18.3 Å². The number of aromatic nitrogens is 1. The number of hydrogen-bond acceptors (Lipinski definition) is 5. The zero-order valence-corrected chi connectivity index (χ0v) is 13.3. The van der Waals surface area contributed by atoms with E-state index in [2.05, 4.69) is 10.3 Å². The average molecular weight is 341 g/mol. The molecule has 0 saturated heterocycles. The van der Waals surface area contributed by atoms with Crippen LogP contribution >= 0.6 is 0 Å². The Morgan fingerprint density at radius 2 is 2.16 bits per heavy atom. The standard InChI is InChI=1S/C17H15N3O5/c1-25-15-6-7-18-13(15)9-11-16-10(3-2-8-21)14(20(23)24)5-4-12(16)19-17(11)22/h2-7,9,18,21H,8H2,1H3,(H,19,22)/b3-2?,11-9-. The Hall–Kier alpha value is -3.39. The molecule has 0 unspecified atom stereocenters. The zero-order chi connectivity index (χ0) is 18.0. The number of methoxy groups -OCH3 is 1. The van der Waals surface area contributed by atoms with Crippen LogP contribution in [0.15, 0.2) is 30.5 Å². The third kappa shape index (κ3) is 2.90. The van der Waals surface area contributed by atoms with Crippen LogP contribution in [0.5, 0.6) is 5.75 Å². The van der Waals surface area contributed by atoms with Gasteiger partial charge in [0, 0.05) is 17.8 Å². The van der Waals surface area contributed by atoms with Crippen molar-refractivity contribution >= 4 is 35.0 Å². The molecule has 1 aliphatic heterocycles. The number of nitrogens with one attached hydrogen (secondary N) is 2. The van der Waals surface area contributed by atoms with E-state index in [-0.39, 0.29) is 29.3 Å². The highest BCUT2D eigenvalue weighted by atomic mass is 16.6. The number of anilines is 1. The first-order valence-corrected chi connectivity index (χ1v) is 7.40. The van der Waals surface area contributed by atoms with E-state index < -0.39 is 4.92 Å². The number of nitro groups is 1. The molecule has 128 valence electrons. The number of ether oxygens (including phenoxy) is 1. The molecule has 0 saturated carbocycles. The minimum Gasteiger partial charge on any atom is -0.495 e. The van der Waals surface area contributed by atoms with Crippen molar-refractivity contribution in [2.24, 2.45) is 0 Å². The third-order valence-electron chi connectivity index (χ3n) is 3.82. The highest BCUT2D eigenvalue weighted by Crippen LogP contribution is 2.41. The number of H-pyrrole nitrogens is 1. The van der Waals surface area contributed by atoms with E-state index in [9.17, 15) is 14.9 Å². The van der Waals surface area contributed by atoms with Crippen molar-refractivity contribution < 1.29 is 19.6 Å². The van der Waals surface area contributed by atoms with E-state index >= 15 is 0 Å². The number of aliphatic hydroxyl groups is 1. The van der Waals surface area contributed by atoms with E-state index in [1.807, 2.05) is 0 Å². The Morgan fingerprint density at radius 1 is 1.36 bits per heavy atom. The van der Waals surface area contributed by atoms with Crippen molar-refractivity contribution in [2.75, 3.05) is 19.0 Å². The molecule has 2 heterocycles. The molecule has 0 atom stereocenters. The van der Waals surface area contributed by atoms with Gasteiger partial charge in [-0.15, -0.1) is 0 Å². The first-order chi connectivity index (χ1) is 12.1. The minimum atomic E-state index is -0.521. The largest absolute Gasteiger partial charge is 0.495 e. The SMILES string of the molecule is COc1cc[nH]c1/C=C1\C(=O)Nc2ccc([N+](=O)[O-])c(C=CCO)c21.